The number of phenols is 1. The lowest BCUT2D eigenvalue weighted by atomic mass is 10.1. The number of aromatic nitrogens is 1. The van der Waals surface area contributed by atoms with E-state index in [0.717, 1.165) is 11.3 Å². The van der Waals surface area contributed by atoms with Gasteiger partial charge in [0, 0.05) is 10.9 Å². The number of nitrogens with one attached hydrogen (secondary N) is 1. The molecule has 0 saturated heterocycles. The fourth-order valence-corrected chi connectivity index (χ4v) is 2.27. The third kappa shape index (κ3) is 3.11. The van der Waals surface area contributed by atoms with Gasteiger partial charge in [0.25, 0.3) is 0 Å². The van der Waals surface area contributed by atoms with Gasteiger partial charge >= 0.3 is 0 Å². The van der Waals surface area contributed by atoms with Crippen molar-refractivity contribution in [2.24, 2.45) is 10.7 Å². The standard InChI is InChI=1S/C17H14N4O2/c18-17(19-10-22)21-16-9-15(11-4-2-1-3-5-11)20-14-7-6-12(23)8-13(14)16/h1-10,23H,(H3,18,19,20,21,22). The molecule has 0 spiro atoms. The largest absolute Gasteiger partial charge is 0.508 e. The summed E-state index contributed by atoms with van der Waals surface area (Å²) in [4.78, 5) is 19.3. The minimum Gasteiger partial charge on any atom is -0.508 e. The number of phenolic OH excluding ortho intramolecular Hbond substituents is 1. The summed E-state index contributed by atoms with van der Waals surface area (Å²) in [6.07, 6.45) is 0.456. The van der Waals surface area contributed by atoms with Crippen LogP contribution in [0.15, 0.2) is 59.6 Å². The molecule has 0 aliphatic rings. The number of hydrogen-bond acceptors (Lipinski definition) is 4. The van der Waals surface area contributed by atoms with E-state index in [1.54, 1.807) is 24.3 Å². The number of carbonyl (C=O) groups is 1. The Bertz CT molecular complexity index is 892. The zero-order chi connectivity index (χ0) is 16.2. The first kappa shape index (κ1) is 14.5. The number of fused-ring (bicyclic) bond motifs is 1. The Morgan fingerprint density at radius 2 is 1.96 bits per heavy atom. The van der Waals surface area contributed by atoms with Crippen LogP contribution < -0.4 is 11.1 Å². The van der Waals surface area contributed by atoms with Gasteiger partial charge in [-0.1, -0.05) is 30.3 Å². The lowest BCUT2D eigenvalue weighted by Crippen LogP contribution is -2.29. The number of aliphatic imine (C=N–C) groups is 1. The SMILES string of the molecule is NC(=Nc1cc(-c2ccccc2)nc2ccc(O)cc12)NC=O. The number of amides is 1. The zero-order valence-electron chi connectivity index (χ0n) is 12.1. The monoisotopic (exact) mass is 306 g/mol. The van der Waals surface area contributed by atoms with Crippen LogP contribution in [0, 0.1) is 0 Å². The minimum absolute atomic E-state index is 0.0325. The molecule has 6 nitrogen and oxygen atoms in total. The van der Waals surface area contributed by atoms with Crippen LogP contribution in [0.2, 0.25) is 0 Å². The van der Waals surface area contributed by atoms with Crippen molar-refractivity contribution in [3.63, 3.8) is 0 Å². The Hall–Kier alpha value is -3.41. The van der Waals surface area contributed by atoms with Gasteiger partial charge in [-0.25, -0.2) is 9.98 Å². The number of nitrogens with two attached hydrogens (primary N) is 1. The summed E-state index contributed by atoms with van der Waals surface area (Å²) in [6.45, 7) is 0. The van der Waals surface area contributed by atoms with Gasteiger partial charge in [-0.15, -0.1) is 0 Å². The highest BCUT2D eigenvalue weighted by molar-refractivity contribution is 5.97. The number of hydrogen-bond donors (Lipinski definition) is 3. The van der Waals surface area contributed by atoms with E-state index in [0.29, 0.717) is 23.0 Å². The number of pyridine rings is 1. The van der Waals surface area contributed by atoms with Crippen LogP contribution in [0.3, 0.4) is 0 Å². The summed E-state index contributed by atoms with van der Waals surface area (Å²) in [5.41, 5.74) is 8.49. The molecule has 0 radical (unpaired) electrons. The maximum atomic E-state index is 10.5. The summed E-state index contributed by atoms with van der Waals surface area (Å²) in [6, 6.07) is 16.2. The van der Waals surface area contributed by atoms with Gasteiger partial charge in [0.15, 0.2) is 5.96 Å². The molecule has 0 fully saturated rings. The highest BCUT2D eigenvalue weighted by Gasteiger charge is 2.08. The van der Waals surface area contributed by atoms with Gasteiger partial charge in [-0.2, -0.15) is 0 Å². The second-order valence-corrected chi connectivity index (χ2v) is 4.85. The van der Waals surface area contributed by atoms with E-state index in [1.165, 1.54) is 0 Å². The van der Waals surface area contributed by atoms with Gasteiger partial charge in [0.2, 0.25) is 6.41 Å². The first-order chi connectivity index (χ1) is 11.2. The van der Waals surface area contributed by atoms with Crippen LogP contribution in [0.1, 0.15) is 0 Å². The van der Waals surface area contributed by atoms with Crippen molar-refractivity contribution in [1.29, 1.82) is 0 Å². The molecule has 0 atom stereocenters. The predicted molar refractivity (Wildman–Crippen MR) is 89.3 cm³/mol. The minimum atomic E-state index is -0.0325. The molecular weight excluding hydrogens is 292 g/mol. The van der Waals surface area contributed by atoms with Crippen molar-refractivity contribution >= 4 is 29.0 Å². The molecule has 0 bridgehead atoms. The van der Waals surface area contributed by atoms with E-state index in [4.69, 9.17) is 5.73 Å². The quantitative estimate of drug-likeness (QED) is 0.392. The zero-order valence-corrected chi connectivity index (χ0v) is 12.1. The molecule has 3 rings (SSSR count). The average Bonchev–Trinajstić information content (AvgIpc) is 2.56. The number of guanidine groups is 1. The van der Waals surface area contributed by atoms with Crippen molar-refractivity contribution in [3.8, 4) is 17.0 Å². The van der Waals surface area contributed by atoms with Crippen molar-refractivity contribution < 1.29 is 9.90 Å². The molecule has 1 aromatic heterocycles. The Morgan fingerprint density at radius 3 is 2.70 bits per heavy atom. The van der Waals surface area contributed by atoms with E-state index < -0.39 is 0 Å². The Morgan fingerprint density at radius 1 is 1.17 bits per heavy atom. The van der Waals surface area contributed by atoms with E-state index in [2.05, 4.69) is 15.3 Å². The summed E-state index contributed by atoms with van der Waals surface area (Å²) in [5, 5.41) is 12.6. The van der Waals surface area contributed by atoms with Gasteiger partial charge in [-0.3, -0.25) is 10.1 Å². The molecule has 0 aliphatic heterocycles. The fourth-order valence-electron chi connectivity index (χ4n) is 2.27. The fraction of sp³-hybridized carbons (Fsp3) is 0. The van der Waals surface area contributed by atoms with Crippen LogP contribution in [0.4, 0.5) is 5.69 Å². The maximum Gasteiger partial charge on any atom is 0.213 e. The van der Waals surface area contributed by atoms with E-state index in [-0.39, 0.29) is 11.7 Å². The average molecular weight is 306 g/mol. The molecular formula is C17H14N4O2. The maximum absolute atomic E-state index is 10.5. The summed E-state index contributed by atoms with van der Waals surface area (Å²) in [7, 11) is 0. The molecule has 1 amide bonds. The molecule has 0 aliphatic carbocycles. The molecule has 0 saturated carbocycles. The summed E-state index contributed by atoms with van der Waals surface area (Å²) in [5.74, 6) is 0.0694. The third-order valence-corrected chi connectivity index (χ3v) is 3.29. The number of aromatic hydroxyl groups is 1. The molecule has 3 aromatic rings. The van der Waals surface area contributed by atoms with Crippen LogP contribution in [-0.2, 0) is 4.79 Å². The number of rotatable bonds is 3. The van der Waals surface area contributed by atoms with Crippen molar-refractivity contribution in [2.75, 3.05) is 0 Å². The molecule has 114 valence electrons. The van der Waals surface area contributed by atoms with E-state index in [9.17, 15) is 9.90 Å². The van der Waals surface area contributed by atoms with Crippen LogP contribution in [0.5, 0.6) is 5.75 Å². The second-order valence-electron chi connectivity index (χ2n) is 4.85. The lowest BCUT2D eigenvalue weighted by molar-refractivity contribution is -0.108. The molecule has 2 aromatic carbocycles. The smallest absolute Gasteiger partial charge is 0.213 e. The summed E-state index contributed by atoms with van der Waals surface area (Å²) >= 11 is 0. The van der Waals surface area contributed by atoms with E-state index >= 15 is 0 Å². The number of benzene rings is 2. The van der Waals surface area contributed by atoms with Crippen molar-refractivity contribution in [1.82, 2.24) is 10.3 Å². The third-order valence-electron chi connectivity index (χ3n) is 3.29. The Balaban J connectivity index is 2.24. The number of carbonyl (C=O) groups excluding carboxylic acids is 1. The summed E-state index contributed by atoms with van der Waals surface area (Å²) < 4.78 is 0. The van der Waals surface area contributed by atoms with Gasteiger partial charge in [0.05, 0.1) is 16.9 Å². The van der Waals surface area contributed by atoms with Crippen molar-refractivity contribution in [3.05, 3.63) is 54.6 Å². The highest BCUT2D eigenvalue weighted by Crippen LogP contribution is 2.32. The first-order valence-corrected chi connectivity index (χ1v) is 6.91. The molecule has 0 unspecified atom stereocenters. The normalized spacial score (nSPS) is 11.4. The van der Waals surface area contributed by atoms with Crippen LogP contribution in [-0.4, -0.2) is 22.5 Å². The Kier molecular flexibility index (Phi) is 3.88. The Labute approximate surface area is 132 Å². The molecule has 4 N–H and O–H groups in total. The van der Waals surface area contributed by atoms with Crippen LogP contribution >= 0.6 is 0 Å². The van der Waals surface area contributed by atoms with Gasteiger partial charge < -0.3 is 10.8 Å². The highest BCUT2D eigenvalue weighted by atomic mass is 16.3. The van der Waals surface area contributed by atoms with Crippen molar-refractivity contribution in [2.45, 2.75) is 0 Å². The topological polar surface area (TPSA) is 101 Å². The van der Waals surface area contributed by atoms with Gasteiger partial charge in [-0.05, 0) is 24.3 Å². The van der Waals surface area contributed by atoms with E-state index in [1.807, 2.05) is 30.3 Å². The molecule has 23 heavy (non-hydrogen) atoms. The van der Waals surface area contributed by atoms with Crippen LogP contribution in [0.25, 0.3) is 22.2 Å². The molecule has 1 heterocycles. The number of nitrogens with zero attached hydrogens (tertiary/aromatic N) is 2. The first-order valence-electron chi connectivity index (χ1n) is 6.91. The lowest BCUT2D eigenvalue weighted by Gasteiger charge is -2.08. The second kappa shape index (κ2) is 6.15. The molecule has 6 heteroatoms. The van der Waals surface area contributed by atoms with Gasteiger partial charge in [0.1, 0.15) is 5.75 Å². The predicted octanol–water partition coefficient (Wildman–Crippen LogP) is 2.30.